The van der Waals surface area contributed by atoms with E-state index in [1.54, 1.807) is 0 Å². The SMILES string of the molecule is C=C1c2cccc(O)c2C(=O)C2=C(O)C3(O)C(=O)C(C(N)=O)C(O)[C@@](C)(N(C)C)C3C(O)C12. The van der Waals surface area contributed by atoms with Crippen LogP contribution in [0.15, 0.2) is 36.1 Å². The van der Waals surface area contributed by atoms with Crippen LogP contribution >= 0.6 is 0 Å². The Bertz CT molecular complexity index is 1160. The Morgan fingerprint density at radius 1 is 1.18 bits per heavy atom. The number of ketones is 2. The summed E-state index contributed by atoms with van der Waals surface area (Å²) in [4.78, 5) is 40.3. The molecule has 0 bridgehead atoms. The van der Waals surface area contributed by atoms with Gasteiger partial charge in [0.2, 0.25) is 5.91 Å². The highest BCUT2D eigenvalue weighted by Crippen LogP contribution is 2.57. The van der Waals surface area contributed by atoms with Crippen LogP contribution in [0, 0.1) is 17.8 Å². The van der Waals surface area contributed by atoms with E-state index < -0.39 is 75.7 Å². The first-order valence-electron chi connectivity index (χ1n) is 10.3. The van der Waals surface area contributed by atoms with Gasteiger partial charge in [0.05, 0.1) is 28.9 Å². The lowest BCUT2D eigenvalue weighted by Gasteiger charge is -2.60. The van der Waals surface area contributed by atoms with Crippen molar-refractivity contribution in [2.24, 2.45) is 23.5 Å². The van der Waals surface area contributed by atoms with Crippen LogP contribution in [0.3, 0.4) is 0 Å². The summed E-state index contributed by atoms with van der Waals surface area (Å²) >= 11 is 0. The number of nitrogens with zero attached hydrogens (tertiary/aromatic N) is 1. The van der Waals surface area contributed by atoms with Crippen LogP contribution in [0.2, 0.25) is 0 Å². The van der Waals surface area contributed by atoms with Crippen LogP contribution in [-0.2, 0) is 9.59 Å². The Balaban J connectivity index is 2.08. The molecule has 10 heteroatoms. The van der Waals surface area contributed by atoms with Crippen LogP contribution < -0.4 is 5.73 Å². The van der Waals surface area contributed by atoms with Crippen molar-refractivity contribution in [3.8, 4) is 5.75 Å². The van der Waals surface area contributed by atoms with Gasteiger partial charge >= 0.3 is 0 Å². The molecule has 176 valence electrons. The lowest BCUT2D eigenvalue weighted by Crippen LogP contribution is -2.79. The Kier molecular flexibility index (Phi) is 4.89. The number of fused-ring (bicyclic) bond motifs is 3. The van der Waals surface area contributed by atoms with Crippen molar-refractivity contribution in [3.05, 3.63) is 47.2 Å². The molecule has 4 rings (SSSR count). The molecule has 3 aliphatic carbocycles. The number of aliphatic hydroxyl groups is 4. The maximum Gasteiger partial charge on any atom is 0.230 e. The molecule has 7 N–H and O–H groups in total. The standard InChI is InChI=1S/C23H26N2O8/c1-8-9-6-5-7-10(26)12(9)15(27)13-11(8)16(28)17-22(2,25(3)4)18(29)14(21(24)32)20(31)23(17,33)19(13)30/h5-7,11,14,16-18,26,28-30,33H,1H2,2-4H3,(H2,24,32)/t11?,14?,16?,17?,18?,22-,23?/m0/s1. The highest BCUT2D eigenvalue weighted by Gasteiger charge is 2.73. The fourth-order valence-corrected chi connectivity index (χ4v) is 5.86. The number of hydrogen-bond acceptors (Lipinski definition) is 9. The van der Waals surface area contributed by atoms with E-state index in [9.17, 15) is 39.9 Å². The zero-order valence-corrected chi connectivity index (χ0v) is 18.3. The molecule has 0 aliphatic heterocycles. The van der Waals surface area contributed by atoms with E-state index in [1.807, 2.05) is 0 Å². The van der Waals surface area contributed by atoms with Gasteiger partial charge in [0, 0.05) is 11.8 Å². The zero-order chi connectivity index (χ0) is 24.8. The van der Waals surface area contributed by atoms with Crippen LogP contribution in [0.25, 0.3) is 5.57 Å². The minimum absolute atomic E-state index is 0.177. The largest absolute Gasteiger partial charge is 0.508 e. The van der Waals surface area contributed by atoms with E-state index in [2.05, 4.69) is 6.58 Å². The molecule has 3 aliphatic rings. The average Bonchev–Trinajstić information content (AvgIpc) is 2.72. The second-order valence-electron chi connectivity index (χ2n) is 9.34. The van der Waals surface area contributed by atoms with Crippen molar-refractivity contribution in [1.82, 2.24) is 4.90 Å². The monoisotopic (exact) mass is 458 g/mol. The number of carbonyl (C=O) groups excluding carboxylic acids is 3. The number of benzene rings is 1. The number of nitrogens with two attached hydrogens (primary N) is 1. The molecule has 1 aromatic carbocycles. The lowest BCUT2D eigenvalue weighted by atomic mass is 9.50. The maximum atomic E-state index is 13.4. The second kappa shape index (κ2) is 6.97. The topological polar surface area (TPSA) is 182 Å². The molecule has 6 unspecified atom stereocenters. The van der Waals surface area contributed by atoms with E-state index in [-0.39, 0.29) is 16.7 Å². The molecular formula is C23H26N2O8. The van der Waals surface area contributed by atoms with Crippen molar-refractivity contribution in [2.75, 3.05) is 14.1 Å². The molecule has 0 aromatic heterocycles. The van der Waals surface area contributed by atoms with Crippen LogP contribution in [0.4, 0.5) is 0 Å². The Labute approximate surface area is 189 Å². The number of amides is 1. The molecule has 0 saturated heterocycles. The van der Waals surface area contributed by atoms with E-state index in [0.717, 1.165) is 0 Å². The summed E-state index contributed by atoms with van der Waals surface area (Å²) in [5, 5.41) is 55.8. The number of carbonyl (C=O) groups is 3. The van der Waals surface area contributed by atoms with Crippen LogP contribution in [0.1, 0.15) is 22.8 Å². The average molecular weight is 458 g/mol. The number of aromatic hydroxyl groups is 1. The molecule has 10 nitrogen and oxygen atoms in total. The third kappa shape index (κ3) is 2.54. The minimum atomic E-state index is -2.92. The molecule has 7 atom stereocenters. The number of aliphatic hydroxyl groups excluding tert-OH is 3. The second-order valence-corrected chi connectivity index (χ2v) is 9.34. The minimum Gasteiger partial charge on any atom is -0.508 e. The van der Waals surface area contributed by atoms with Crippen molar-refractivity contribution in [2.45, 2.75) is 30.3 Å². The zero-order valence-electron chi connectivity index (χ0n) is 18.3. The molecule has 1 fully saturated rings. The fraction of sp³-hybridized carbons (Fsp3) is 0.435. The number of Topliss-reactive ketones (excluding diaryl/α,β-unsaturated/α-hetero) is 2. The molecular weight excluding hydrogens is 432 g/mol. The number of phenolic OH excluding ortho intramolecular Hbond substituents is 1. The summed E-state index contributed by atoms with van der Waals surface area (Å²) in [5.41, 5.74) is 0.529. The number of primary amides is 1. The Morgan fingerprint density at radius 2 is 1.79 bits per heavy atom. The summed E-state index contributed by atoms with van der Waals surface area (Å²) in [6.45, 7) is 5.37. The summed E-state index contributed by atoms with van der Waals surface area (Å²) in [7, 11) is 3.02. The van der Waals surface area contributed by atoms with Crippen LogP contribution in [-0.4, -0.2) is 85.3 Å². The van der Waals surface area contributed by atoms with Gasteiger partial charge in [0.25, 0.3) is 0 Å². The highest BCUT2D eigenvalue weighted by atomic mass is 16.4. The lowest BCUT2D eigenvalue weighted by molar-refractivity contribution is -0.212. The number of likely N-dealkylation sites (N-methyl/N-ethyl adjacent to an activating group) is 1. The predicted octanol–water partition coefficient (Wildman–Crippen LogP) is -0.883. The summed E-state index contributed by atoms with van der Waals surface area (Å²) in [5.74, 6) is -9.66. The molecule has 1 amide bonds. The van der Waals surface area contributed by atoms with Gasteiger partial charge in [0.15, 0.2) is 17.2 Å². The van der Waals surface area contributed by atoms with E-state index >= 15 is 0 Å². The van der Waals surface area contributed by atoms with Crippen molar-refractivity contribution in [1.29, 1.82) is 0 Å². The Morgan fingerprint density at radius 3 is 2.33 bits per heavy atom. The van der Waals surface area contributed by atoms with Gasteiger partial charge in [-0.3, -0.25) is 14.4 Å². The van der Waals surface area contributed by atoms with E-state index in [1.165, 1.54) is 44.1 Å². The molecule has 0 spiro atoms. The summed E-state index contributed by atoms with van der Waals surface area (Å²) in [6, 6.07) is 4.26. The third-order valence-electron chi connectivity index (χ3n) is 7.77. The van der Waals surface area contributed by atoms with Crippen LogP contribution in [0.5, 0.6) is 5.75 Å². The number of rotatable bonds is 2. The maximum absolute atomic E-state index is 13.4. The molecule has 33 heavy (non-hydrogen) atoms. The summed E-state index contributed by atoms with van der Waals surface area (Å²) < 4.78 is 0. The number of phenols is 1. The fourth-order valence-electron chi connectivity index (χ4n) is 5.86. The van der Waals surface area contributed by atoms with Crippen molar-refractivity contribution in [3.63, 3.8) is 0 Å². The van der Waals surface area contributed by atoms with Gasteiger partial charge in [-0.2, -0.15) is 0 Å². The highest BCUT2D eigenvalue weighted by molar-refractivity contribution is 6.19. The van der Waals surface area contributed by atoms with Gasteiger partial charge in [-0.05, 0) is 38.2 Å². The van der Waals surface area contributed by atoms with Crippen molar-refractivity contribution >= 4 is 23.0 Å². The summed E-state index contributed by atoms with van der Waals surface area (Å²) in [6.07, 6.45) is -3.43. The van der Waals surface area contributed by atoms with Crippen molar-refractivity contribution < 1.29 is 39.9 Å². The van der Waals surface area contributed by atoms with Gasteiger partial charge in [-0.1, -0.05) is 18.7 Å². The molecule has 1 saturated carbocycles. The van der Waals surface area contributed by atoms with Gasteiger partial charge in [-0.25, -0.2) is 0 Å². The molecule has 0 radical (unpaired) electrons. The first-order valence-corrected chi connectivity index (χ1v) is 10.3. The quantitative estimate of drug-likeness (QED) is 0.307. The van der Waals surface area contributed by atoms with E-state index in [4.69, 9.17) is 5.73 Å². The molecule has 1 aromatic rings. The molecule has 0 heterocycles. The van der Waals surface area contributed by atoms with Gasteiger partial charge < -0.3 is 36.2 Å². The smallest absolute Gasteiger partial charge is 0.230 e. The van der Waals surface area contributed by atoms with Gasteiger partial charge in [-0.15, -0.1) is 0 Å². The van der Waals surface area contributed by atoms with E-state index in [0.29, 0.717) is 0 Å². The third-order valence-corrected chi connectivity index (χ3v) is 7.77. The first kappa shape index (κ1) is 23.1. The Hall–Kier alpha value is -3.05. The normalized spacial score (nSPS) is 38.2. The van der Waals surface area contributed by atoms with Gasteiger partial charge in [0.1, 0.15) is 17.4 Å². The predicted molar refractivity (Wildman–Crippen MR) is 115 cm³/mol. The first-order chi connectivity index (χ1) is 15.2. The number of hydrogen-bond donors (Lipinski definition) is 6.